The third kappa shape index (κ3) is 2.55. The maximum Gasteiger partial charge on any atom is 0.244 e. The Morgan fingerprint density at radius 3 is 2.75 bits per heavy atom. The van der Waals surface area contributed by atoms with Crippen LogP contribution in [0.2, 0.25) is 0 Å². The molecule has 6 heteroatoms. The molecule has 0 amide bonds. The first-order valence-electron chi connectivity index (χ1n) is 6.23. The molecule has 0 spiro atoms. The summed E-state index contributed by atoms with van der Waals surface area (Å²) in [6.07, 6.45) is 2.36. The van der Waals surface area contributed by atoms with Crippen LogP contribution in [0, 0.1) is 0 Å². The van der Waals surface area contributed by atoms with E-state index in [0.29, 0.717) is 18.1 Å². The molecule has 6 nitrogen and oxygen atoms in total. The number of H-pyrrole nitrogens is 1. The summed E-state index contributed by atoms with van der Waals surface area (Å²) in [5.41, 5.74) is 7.85. The molecule has 1 atom stereocenters. The first-order chi connectivity index (χ1) is 9.72. The Balaban J connectivity index is 1.74. The van der Waals surface area contributed by atoms with Gasteiger partial charge in [0.2, 0.25) is 11.7 Å². The van der Waals surface area contributed by atoms with Gasteiger partial charge in [-0.05, 0) is 36.2 Å². The summed E-state index contributed by atoms with van der Waals surface area (Å²) in [6, 6.07) is 10.2. The van der Waals surface area contributed by atoms with Gasteiger partial charge < -0.3 is 20.3 Å². The molecule has 0 radical (unpaired) electrons. The molecule has 3 aromatic rings. The molecule has 1 aromatic carbocycles. The van der Waals surface area contributed by atoms with E-state index in [9.17, 15) is 5.11 Å². The van der Waals surface area contributed by atoms with Crippen molar-refractivity contribution in [3.05, 3.63) is 54.0 Å². The molecule has 2 heterocycles. The number of phenolic OH excluding ortho intramolecular Hbond substituents is 1. The van der Waals surface area contributed by atoms with Crippen molar-refractivity contribution in [1.29, 1.82) is 0 Å². The van der Waals surface area contributed by atoms with Crippen LogP contribution in [0.25, 0.3) is 11.5 Å². The van der Waals surface area contributed by atoms with E-state index in [1.165, 1.54) is 0 Å². The van der Waals surface area contributed by atoms with E-state index in [1.807, 2.05) is 24.3 Å². The summed E-state index contributed by atoms with van der Waals surface area (Å²) >= 11 is 0. The van der Waals surface area contributed by atoms with Crippen molar-refractivity contribution in [3.63, 3.8) is 0 Å². The Morgan fingerprint density at radius 2 is 2.05 bits per heavy atom. The lowest BCUT2D eigenvalue weighted by atomic mass is 10.1. The van der Waals surface area contributed by atoms with E-state index in [1.54, 1.807) is 18.3 Å². The van der Waals surface area contributed by atoms with Crippen molar-refractivity contribution >= 4 is 0 Å². The predicted octanol–water partition coefficient (Wildman–Crippen LogP) is 2.01. The van der Waals surface area contributed by atoms with Gasteiger partial charge in [0, 0.05) is 6.20 Å². The molecule has 2 aromatic heterocycles. The molecule has 0 unspecified atom stereocenters. The van der Waals surface area contributed by atoms with Crippen LogP contribution in [0.5, 0.6) is 5.75 Å². The van der Waals surface area contributed by atoms with Crippen molar-refractivity contribution in [2.75, 3.05) is 0 Å². The Bertz CT molecular complexity index is 674. The zero-order valence-electron chi connectivity index (χ0n) is 10.7. The van der Waals surface area contributed by atoms with Gasteiger partial charge in [-0.3, -0.25) is 0 Å². The molecular weight excluding hydrogens is 256 g/mol. The number of nitrogens with two attached hydrogens (primary N) is 1. The van der Waals surface area contributed by atoms with Gasteiger partial charge in [0.05, 0.1) is 11.7 Å². The quantitative estimate of drug-likeness (QED) is 0.673. The average molecular weight is 270 g/mol. The van der Waals surface area contributed by atoms with Crippen molar-refractivity contribution < 1.29 is 9.63 Å². The fourth-order valence-corrected chi connectivity index (χ4v) is 1.94. The molecule has 102 valence electrons. The van der Waals surface area contributed by atoms with Gasteiger partial charge in [-0.2, -0.15) is 4.98 Å². The van der Waals surface area contributed by atoms with Gasteiger partial charge in [0.1, 0.15) is 5.75 Å². The highest BCUT2D eigenvalue weighted by atomic mass is 16.5. The molecule has 0 aliphatic rings. The van der Waals surface area contributed by atoms with Crippen molar-refractivity contribution in [1.82, 2.24) is 15.1 Å². The second-order valence-corrected chi connectivity index (χ2v) is 4.52. The zero-order valence-corrected chi connectivity index (χ0v) is 10.7. The zero-order chi connectivity index (χ0) is 13.9. The molecular formula is C14H14N4O2. The predicted molar refractivity (Wildman–Crippen MR) is 72.8 cm³/mol. The second kappa shape index (κ2) is 5.18. The molecule has 4 N–H and O–H groups in total. The van der Waals surface area contributed by atoms with Gasteiger partial charge >= 0.3 is 0 Å². The lowest BCUT2D eigenvalue weighted by molar-refractivity contribution is 0.354. The van der Waals surface area contributed by atoms with Gasteiger partial charge in [0.25, 0.3) is 0 Å². The van der Waals surface area contributed by atoms with Crippen LogP contribution in [0.4, 0.5) is 0 Å². The monoisotopic (exact) mass is 270 g/mol. The highest BCUT2D eigenvalue weighted by Crippen LogP contribution is 2.19. The molecule has 0 saturated carbocycles. The van der Waals surface area contributed by atoms with E-state index in [2.05, 4.69) is 15.1 Å². The number of aromatic amines is 1. The topological polar surface area (TPSA) is 101 Å². The lowest BCUT2D eigenvalue weighted by Gasteiger charge is -2.06. The summed E-state index contributed by atoms with van der Waals surface area (Å²) < 4.78 is 5.19. The number of rotatable bonds is 4. The maximum atomic E-state index is 9.24. The van der Waals surface area contributed by atoms with Crippen LogP contribution < -0.4 is 5.73 Å². The first kappa shape index (κ1) is 12.4. The third-order valence-electron chi connectivity index (χ3n) is 2.99. The Hall–Kier alpha value is -2.60. The lowest BCUT2D eigenvalue weighted by Crippen LogP contribution is -2.13. The largest absolute Gasteiger partial charge is 0.508 e. The van der Waals surface area contributed by atoms with Crippen molar-refractivity contribution in [2.45, 2.75) is 12.5 Å². The van der Waals surface area contributed by atoms with Crippen LogP contribution in [0.3, 0.4) is 0 Å². The maximum absolute atomic E-state index is 9.24. The number of nitrogens with one attached hydrogen (secondary N) is 1. The normalized spacial score (nSPS) is 12.4. The minimum absolute atomic E-state index is 0.231. The SMILES string of the molecule is N[C@@H](Cc1ccc(O)cc1)c1nc(-c2ccc[nH]2)no1. The fraction of sp³-hybridized carbons (Fsp3) is 0.143. The average Bonchev–Trinajstić information content (AvgIpc) is 3.11. The second-order valence-electron chi connectivity index (χ2n) is 4.52. The Labute approximate surface area is 115 Å². The van der Waals surface area contributed by atoms with E-state index >= 15 is 0 Å². The van der Waals surface area contributed by atoms with Crippen molar-refractivity contribution in [3.8, 4) is 17.3 Å². The van der Waals surface area contributed by atoms with Crippen LogP contribution in [-0.2, 0) is 6.42 Å². The number of hydrogen-bond acceptors (Lipinski definition) is 5. The number of benzene rings is 1. The molecule has 0 aliphatic heterocycles. The standard InChI is InChI=1S/C14H14N4O2/c15-11(8-9-3-5-10(19)6-4-9)14-17-13(18-20-14)12-2-1-7-16-12/h1-7,11,16,19H,8,15H2/t11-/m0/s1. The van der Waals surface area contributed by atoms with Gasteiger partial charge in [-0.1, -0.05) is 17.3 Å². The van der Waals surface area contributed by atoms with E-state index < -0.39 is 0 Å². The Morgan fingerprint density at radius 1 is 1.25 bits per heavy atom. The molecule has 20 heavy (non-hydrogen) atoms. The summed E-state index contributed by atoms with van der Waals surface area (Å²) in [5.74, 6) is 1.11. The fourth-order valence-electron chi connectivity index (χ4n) is 1.94. The van der Waals surface area contributed by atoms with Crippen LogP contribution in [-0.4, -0.2) is 20.2 Å². The highest BCUT2D eigenvalue weighted by Gasteiger charge is 2.16. The summed E-state index contributed by atoms with van der Waals surface area (Å²) in [7, 11) is 0. The van der Waals surface area contributed by atoms with Crippen LogP contribution in [0.15, 0.2) is 47.1 Å². The number of aromatic nitrogens is 3. The molecule has 0 fully saturated rings. The third-order valence-corrected chi connectivity index (χ3v) is 2.99. The van der Waals surface area contributed by atoms with Crippen molar-refractivity contribution in [2.24, 2.45) is 5.73 Å². The minimum Gasteiger partial charge on any atom is -0.508 e. The van der Waals surface area contributed by atoms with Crippen LogP contribution >= 0.6 is 0 Å². The molecule has 3 rings (SSSR count). The van der Waals surface area contributed by atoms with Gasteiger partial charge in [-0.25, -0.2) is 0 Å². The molecule has 0 aliphatic carbocycles. The highest BCUT2D eigenvalue weighted by molar-refractivity contribution is 5.47. The number of nitrogens with zero attached hydrogens (tertiary/aromatic N) is 2. The van der Waals surface area contributed by atoms with E-state index in [-0.39, 0.29) is 11.8 Å². The smallest absolute Gasteiger partial charge is 0.244 e. The Kier molecular flexibility index (Phi) is 3.22. The molecule has 0 bridgehead atoms. The first-order valence-corrected chi connectivity index (χ1v) is 6.23. The number of hydrogen-bond donors (Lipinski definition) is 3. The van der Waals surface area contributed by atoms with E-state index in [4.69, 9.17) is 10.3 Å². The number of aromatic hydroxyl groups is 1. The molecule has 0 saturated heterocycles. The summed E-state index contributed by atoms with van der Waals surface area (Å²) in [5, 5.41) is 13.1. The number of phenols is 1. The van der Waals surface area contributed by atoms with E-state index in [0.717, 1.165) is 11.3 Å². The van der Waals surface area contributed by atoms with Crippen LogP contribution in [0.1, 0.15) is 17.5 Å². The van der Waals surface area contributed by atoms with Gasteiger partial charge in [-0.15, -0.1) is 0 Å². The van der Waals surface area contributed by atoms with Gasteiger partial charge in [0.15, 0.2) is 0 Å². The minimum atomic E-state index is -0.379. The summed E-state index contributed by atoms with van der Waals surface area (Å²) in [4.78, 5) is 7.29. The summed E-state index contributed by atoms with van der Waals surface area (Å²) in [6.45, 7) is 0.